The lowest BCUT2D eigenvalue weighted by Gasteiger charge is -2.14. The summed E-state index contributed by atoms with van der Waals surface area (Å²) in [5.41, 5.74) is 5.82. The maximum Gasteiger partial charge on any atom is 0.253 e. The van der Waals surface area contributed by atoms with Gasteiger partial charge < -0.3 is 5.32 Å². The van der Waals surface area contributed by atoms with Gasteiger partial charge in [-0.15, -0.1) is 0 Å². The third-order valence-electron chi connectivity index (χ3n) is 4.36. The van der Waals surface area contributed by atoms with Gasteiger partial charge in [-0.2, -0.15) is 0 Å². The number of nitrogens with one attached hydrogen (secondary N) is 1. The number of aryl methyl sites for hydroxylation is 3. The topological polar surface area (TPSA) is 42.0 Å². The molecule has 0 spiro atoms. The molecule has 1 aromatic heterocycles. The Morgan fingerprint density at radius 3 is 2.46 bits per heavy atom. The van der Waals surface area contributed by atoms with E-state index in [1.54, 1.807) is 0 Å². The van der Waals surface area contributed by atoms with Crippen LogP contribution in [0.3, 0.4) is 0 Å². The van der Waals surface area contributed by atoms with Gasteiger partial charge in [0.15, 0.2) is 0 Å². The summed E-state index contributed by atoms with van der Waals surface area (Å²) in [5, 5.41) is 4.07. The Balaban J connectivity index is 1.91. The predicted molar refractivity (Wildman–Crippen MR) is 98.2 cm³/mol. The number of carbonyl (C=O) groups is 1. The number of benzene rings is 2. The molecule has 1 heterocycles. The van der Waals surface area contributed by atoms with Crippen molar-refractivity contribution in [3.05, 3.63) is 76.5 Å². The molecule has 0 saturated carbocycles. The molecule has 0 radical (unpaired) electrons. The van der Waals surface area contributed by atoms with Crippen LogP contribution in [0.1, 0.15) is 39.7 Å². The van der Waals surface area contributed by atoms with Crippen LogP contribution in [0.15, 0.2) is 48.5 Å². The van der Waals surface area contributed by atoms with Crippen molar-refractivity contribution in [3.8, 4) is 0 Å². The van der Waals surface area contributed by atoms with E-state index in [0.29, 0.717) is 12.1 Å². The van der Waals surface area contributed by atoms with Crippen molar-refractivity contribution in [1.29, 1.82) is 0 Å². The molecule has 0 fully saturated rings. The van der Waals surface area contributed by atoms with Crippen molar-refractivity contribution in [2.45, 2.75) is 33.7 Å². The summed E-state index contributed by atoms with van der Waals surface area (Å²) < 4.78 is 0. The van der Waals surface area contributed by atoms with Crippen LogP contribution in [0.4, 0.5) is 0 Å². The van der Waals surface area contributed by atoms with E-state index in [-0.39, 0.29) is 5.91 Å². The Bertz CT molecular complexity index is 882. The fourth-order valence-electron chi connectivity index (χ4n) is 2.97. The smallest absolute Gasteiger partial charge is 0.253 e. The van der Waals surface area contributed by atoms with Gasteiger partial charge in [0.25, 0.3) is 5.91 Å². The molecule has 122 valence electrons. The lowest BCUT2D eigenvalue weighted by atomic mass is 9.99. The number of carbonyl (C=O) groups excluding carboxylic acids is 1. The molecule has 0 saturated heterocycles. The highest BCUT2D eigenvalue weighted by atomic mass is 16.1. The molecular formula is C21H22N2O. The molecule has 24 heavy (non-hydrogen) atoms. The number of hydrogen-bond acceptors (Lipinski definition) is 2. The molecule has 1 N–H and O–H groups in total. The van der Waals surface area contributed by atoms with Gasteiger partial charge in [-0.1, -0.05) is 55.0 Å². The number of amides is 1. The maximum atomic E-state index is 12.8. The number of fused-ring (bicyclic) bond motifs is 1. The Morgan fingerprint density at radius 1 is 1.04 bits per heavy atom. The van der Waals surface area contributed by atoms with Crippen LogP contribution in [0.5, 0.6) is 0 Å². The minimum Gasteiger partial charge on any atom is -0.348 e. The van der Waals surface area contributed by atoms with E-state index in [1.807, 2.05) is 50.2 Å². The molecule has 0 unspecified atom stereocenters. The fraction of sp³-hybridized carbons (Fsp3) is 0.238. The molecule has 0 atom stereocenters. The number of pyridine rings is 1. The van der Waals surface area contributed by atoms with E-state index in [0.717, 1.165) is 34.1 Å². The van der Waals surface area contributed by atoms with Crippen molar-refractivity contribution in [3.63, 3.8) is 0 Å². The minimum absolute atomic E-state index is 0.0526. The van der Waals surface area contributed by atoms with E-state index in [2.05, 4.69) is 29.4 Å². The van der Waals surface area contributed by atoms with Crippen molar-refractivity contribution < 1.29 is 4.79 Å². The van der Waals surface area contributed by atoms with Crippen LogP contribution in [-0.2, 0) is 13.0 Å². The normalized spacial score (nSPS) is 10.8. The lowest BCUT2D eigenvalue weighted by Crippen LogP contribution is -2.25. The second-order valence-corrected chi connectivity index (χ2v) is 6.10. The molecular weight excluding hydrogens is 296 g/mol. The fourth-order valence-corrected chi connectivity index (χ4v) is 2.97. The average Bonchev–Trinajstić information content (AvgIpc) is 2.61. The van der Waals surface area contributed by atoms with Gasteiger partial charge in [0.2, 0.25) is 0 Å². The highest BCUT2D eigenvalue weighted by Crippen LogP contribution is 2.23. The molecule has 3 rings (SSSR count). The highest BCUT2D eigenvalue weighted by Gasteiger charge is 2.17. The Kier molecular flexibility index (Phi) is 4.61. The summed E-state index contributed by atoms with van der Waals surface area (Å²) in [5.74, 6) is -0.0526. The third kappa shape index (κ3) is 3.16. The van der Waals surface area contributed by atoms with Gasteiger partial charge in [-0.25, -0.2) is 0 Å². The first kappa shape index (κ1) is 16.2. The van der Waals surface area contributed by atoms with E-state index in [4.69, 9.17) is 0 Å². The molecule has 0 aliphatic heterocycles. The number of hydrogen-bond donors (Lipinski definition) is 1. The first-order valence-electron chi connectivity index (χ1n) is 8.32. The van der Waals surface area contributed by atoms with Crippen LogP contribution in [-0.4, -0.2) is 10.9 Å². The molecule has 0 aliphatic carbocycles. The van der Waals surface area contributed by atoms with Gasteiger partial charge in [0, 0.05) is 11.9 Å². The Labute approximate surface area is 142 Å². The average molecular weight is 318 g/mol. The second kappa shape index (κ2) is 6.83. The van der Waals surface area contributed by atoms with Gasteiger partial charge in [0.1, 0.15) is 0 Å². The minimum atomic E-state index is -0.0526. The maximum absolute atomic E-state index is 12.8. The van der Waals surface area contributed by atoms with Crippen molar-refractivity contribution >= 4 is 16.8 Å². The molecule has 2 aromatic carbocycles. The van der Waals surface area contributed by atoms with Crippen LogP contribution in [0, 0.1) is 13.8 Å². The monoisotopic (exact) mass is 318 g/mol. The van der Waals surface area contributed by atoms with Crippen LogP contribution in [0.2, 0.25) is 0 Å². The summed E-state index contributed by atoms with van der Waals surface area (Å²) in [7, 11) is 0. The number of nitrogens with zero attached hydrogens (tertiary/aromatic N) is 1. The molecule has 1 amide bonds. The van der Waals surface area contributed by atoms with Gasteiger partial charge in [-0.05, 0) is 37.5 Å². The standard InChI is InChI=1S/C21H22N2O/c1-4-18-20(15(3)17-7-5-6-8-19(17)23-18)21(24)22-13-16-11-9-14(2)10-12-16/h5-12H,4,13H2,1-3H3,(H,22,24). The zero-order chi connectivity index (χ0) is 17.1. The summed E-state index contributed by atoms with van der Waals surface area (Å²) >= 11 is 0. The van der Waals surface area contributed by atoms with Gasteiger partial charge in [-0.3, -0.25) is 9.78 Å². The molecule has 0 aliphatic rings. The largest absolute Gasteiger partial charge is 0.348 e. The molecule has 3 heteroatoms. The number of para-hydroxylation sites is 1. The van der Waals surface area contributed by atoms with E-state index in [9.17, 15) is 4.79 Å². The van der Waals surface area contributed by atoms with Crippen molar-refractivity contribution in [2.24, 2.45) is 0 Å². The quantitative estimate of drug-likeness (QED) is 0.777. The summed E-state index contributed by atoms with van der Waals surface area (Å²) in [6.45, 7) is 6.62. The first-order valence-corrected chi connectivity index (χ1v) is 8.32. The highest BCUT2D eigenvalue weighted by molar-refractivity contribution is 6.01. The molecule has 3 nitrogen and oxygen atoms in total. The Hall–Kier alpha value is -2.68. The first-order chi connectivity index (χ1) is 11.6. The van der Waals surface area contributed by atoms with E-state index < -0.39 is 0 Å². The summed E-state index contributed by atoms with van der Waals surface area (Å²) in [6, 6.07) is 16.2. The second-order valence-electron chi connectivity index (χ2n) is 6.10. The van der Waals surface area contributed by atoms with Gasteiger partial charge in [0.05, 0.1) is 16.8 Å². The van der Waals surface area contributed by atoms with E-state index >= 15 is 0 Å². The Morgan fingerprint density at radius 2 is 1.75 bits per heavy atom. The lowest BCUT2D eigenvalue weighted by molar-refractivity contribution is 0.0949. The van der Waals surface area contributed by atoms with E-state index in [1.165, 1.54) is 5.56 Å². The zero-order valence-corrected chi connectivity index (χ0v) is 14.4. The van der Waals surface area contributed by atoms with Crippen LogP contribution < -0.4 is 5.32 Å². The SMILES string of the molecule is CCc1nc2ccccc2c(C)c1C(=O)NCc1ccc(C)cc1. The van der Waals surface area contributed by atoms with Gasteiger partial charge >= 0.3 is 0 Å². The molecule has 0 bridgehead atoms. The van der Waals surface area contributed by atoms with Crippen molar-refractivity contribution in [2.75, 3.05) is 0 Å². The van der Waals surface area contributed by atoms with Crippen LogP contribution in [0.25, 0.3) is 10.9 Å². The summed E-state index contributed by atoms with van der Waals surface area (Å²) in [6.07, 6.45) is 0.735. The third-order valence-corrected chi connectivity index (χ3v) is 4.36. The number of aromatic nitrogens is 1. The molecule has 3 aromatic rings. The van der Waals surface area contributed by atoms with Crippen LogP contribution >= 0.6 is 0 Å². The summed E-state index contributed by atoms with van der Waals surface area (Å²) in [4.78, 5) is 17.5. The predicted octanol–water partition coefficient (Wildman–Crippen LogP) is 4.34. The zero-order valence-electron chi connectivity index (χ0n) is 14.4. The number of rotatable bonds is 4. The van der Waals surface area contributed by atoms with Crippen molar-refractivity contribution in [1.82, 2.24) is 10.3 Å².